The monoisotopic (exact) mass is 443 g/mol. The van der Waals surface area contributed by atoms with Gasteiger partial charge in [0.25, 0.3) is 5.91 Å². The number of rotatable bonds is 3. The third kappa shape index (κ3) is 3.93. The van der Waals surface area contributed by atoms with Crippen molar-refractivity contribution in [2.45, 2.75) is 18.7 Å². The van der Waals surface area contributed by atoms with Crippen LogP contribution in [0.5, 0.6) is 0 Å². The molecule has 8 heteroatoms. The van der Waals surface area contributed by atoms with Gasteiger partial charge in [0, 0.05) is 37.1 Å². The van der Waals surface area contributed by atoms with Gasteiger partial charge in [0.05, 0.1) is 10.4 Å². The number of piperazine rings is 1. The number of fused-ring (bicyclic) bond motifs is 1. The summed E-state index contributed by atoms with van der Waals surface area (Å²) in [5, 5.41) is 1.24. The van der Waals surface area contributed by atoms with Gasteiger partial charge < -0.3 is 4.90 Å². The summed E-state index contributed by atoms with van der Waals surface area (Å²) in [4.78, 5) is 19.2. The summed E-state index contributed by atoms with van der Waals surface area (Å²) in [5.41, 5.74) is 3.27. The molecule has 0 unspecified atom stereocenters. The van der Waals surface area contributed by atoms with Gasteiger partial charge in [-0.15, -0.1) is 0 Å². The zero-order valence-corrected chi connectivity index (χ0v) is 18.4. The van der Waals surface area contributed by atoms with Crippen molar-refractivity contribution < 1.29 is 13.2 Å². The standard InChI is InChI=1S/C22H22ClN3O3S/c1-15-3-6-19(13-16(15)2)30(28,29)26-11-9-25(10-12-26)22(27)18-4-7-20-17(14-18)5-8-21(23)24-20/h3-8,13-14H,9-12H2,1-2H3. The quantitative estimate of drug-likeness (QED) is 0.579. The van der Waals surface area contributed by atoms with E-state index in [1.807, 2.05) is 26.0 Å². The molecule has 4 rings (SSSR count). The summed E-state index contributed by atoms with van der Waals surface area (Å²) < 4.78 is 27.4. The van der Waals surface area contributed by atoms with Gasteiger partial charge in [0.2, 0.25) is 10.0 Å². The van der Waals surface area contributed by atoms with Crippen LogP contribution in [0.4, 0.5) is 0 Å². The Hall–Kier alpha value is -2.48. The highest BCUT2D eigenvalue weighted by atomic mass is 35.5. The molecule has 1 amide bonds. The number of hydrogen-bond donors (Lipinski definition) is 0. The lowest BCUT2D eigenvalue weighted by Crippen LogP contribution is -2.50. The predicted molar refractivity (Wildman–Crippen MR) is 117 cm³/mol. The van der Waals surface area contributed by atoms with Crippen LogP contribution in [-0.4, -0.2) is 54.7 Å². The number of benzene rings is 2. The lowest BCUT2D eigenvalue weighted by atomic mass is 10.1. The van der Waals surface area contributed by atoms with Gasteiger partial charge >= 0.3 is 0 Å². The van der Waals surface area contributed by atoms with E-state index < -0.39 is 10.0 Å². The molecule has 1 aromatic heterocycles. The minimum atomic E-state index is -3.57. The van der Waals surface area contributed by atoms with Crippen LogP contribution >= 0.6 is 11.6 Å². The van der Waals surface area contributed by atoms with Crippen LogP contribution < -0.4 is 0 Å². The van der Waals surface area contributed by atoms with Crippen LogP contribution in [0.25, 0.3) is 10.9 Å². The number of nitrogens with zero attached hydrogens (tertiary/aromatic N) is 3. The Morgan fingerprint density at radius 2 is 1.67 bits per heavy atom. The van der Waals surface area contributed by atoms with E-state index in [1.54, 1.807) is 41.3 Å². The van der Waals surface area contributed by atoms with Gasteiger partial charge in [0.15, 0.2) is 0 Å². The Morgan fingerprint density at radius 1 is 0.933 bits per heavy atom. The van der Waals surface area contributed by atoms with Crippen LogP contribution in [-0.2, 0) is 10.0 Å². The molecule has 1 aliphatic rings. The topological polar surface area (TPSA) is 70.6 Å². The Kier molecular flexibility index (Phi) is 5.53. The molecule has 1 saturated heterocycles. The summed E-state index contributed by atoms with van der Waals surface area (Å²) >= 11 is 5.91. The molecule has 0 aliphatic carbocycles. The van der Waals surface area contributed by atoms with E-state index in [0.717, 1.165) is 22.0 Å². The third-order valence-corrected chi connectivity index (χ3v) is 7.65. The largest absolute Gasteiger partial charge is 0.336 e. The highest BCUT2D eigenvalue weighted by molar-refractivity contribution is 7.89. The number of aryl methyl sites for hydroxylation is 2. The van der Waals surface area contributed by atoms with Crippen LogP contribution in [0.15, 0.2) is 53.4 Å². The van der Waals surface area contributed by atoms with Gasteiger partial charge in [-0.05, 0) is 67.4 Å². The molecule has 1 aliphatic heterocycles. The molecule has 1 fully saturated rings. The maximum atomic E-state index is 13.0. The van der Waals surface area contributed by atoms with Crippen LogP contribution in [0.1, 0.15) is 21.5 Å². The molecular formula is C22H22ClN3O3S. The fraction of sp³-hybridized carbons (Fsp3) is 0.273. The van der Waals surface area contributed by atoms with E-state index in [1.165, 1.54) is 4.31 Å². The van der Waals surface area contributed by atoms with Crippen LogP contribution in [0.3, 0.4) is 0 Å². The molecule has 30 heavy (non-hydrogen) atoms. The highest BCUT2D eigenvalue weighted by Gasteiger charge is 2.30. The van der Waals surface area contributed by atoms with Crippen molar-refractivity contribution in [3.63, 3.8) is 0 Å². The molecule has 0 N–H and O–H groups in total. The van der Waals surface area contributed by atoms with Gasteiger partial charge in [-0.2, -0.15) is 4.31 Å². The number of carbonyl (C=O) groups excluding carboxylic acids is 1. The fourth-order valence-electron chi connectivity index (χ4n) is 3.57. The number of sulfonamides is 1. The van der Waals surface area contributed by atoms with Gasteiger partial charge in [-0.3, -0.25) is 4.79 Å². The molecule has 0 saturated carbocycles. The first-order valence-corrected chi connectivity index (χ1v) is 11.5. The summed E-state index contributed by atoms with van der Waals surface area (Å²) in [6.45, 7) is 5.09. The SMILES string of the molecule is Cc1ccc(S(=O)(=O)N2CCN(C(=O)c3ccc4nc(Cl)ccc4c3)CC2)cc1C. The van der Waals surface area contributed by atoms with Crippen LogP contribution in [0, 0.1) is 13.8 Å². The molecule has 0 spiro atoms. The first kappa shape index (κ1) is 20.8. The van der Waals surface area contributed by atoms with Crippen molar-refractivity contribution in [2.24, 2.45) is 0 Å². The van der Waals surface area contributed by atoms with Gasteiger partial charge in [0.1, 0.15) is 5.15 Å². The smallest absolute Gasteiger partial charge is 0.253 e. The minimum absolute atomic E-state index is 0.116. The second-order valence-corrected chi connectivity index (χ2v) is 9.81. The van der Waals surface area contributed by atoms with Crippen LogP contribution in [0.2, 0.25) is 5.15 Å². The normalized spacial score (nSPS) is 15.5. The summed E-state index contributed by atoms with van der Waals surface area (Å²) in [7, 11) is -3.57. The Morgan fingerprint density at radius 3 is 2.37 bits per heavy atom. The summed E-state index contributed by atoms with van der Waals surface area (Å²) in [6, 6.07) is 14.0. The number of pyridine rings is 1. The number of aromatic nitrogens is 1. The molecule has 0 bridgehead atoms. The molecular weight excluding hydrogens is 422 g/mol. The number of halogens is 1. The first-order valence-electron chi connectivity index (χ1n) is 9.69. The Balaban J connectivity index is 1.48. The summed E-state index contributed by atoms with van der Waals surface area (Å²) in [5.74, 6) is -0.116. The maximum Gasteiger partial charge on any atom is 0.253 e. The van der Waals surface area contributed by atoms with E-state index in [-0.39, 0.29) is 19.0 Å². The molecule has 3 aromatic rings. The average Bonchev–Trinajstić information content (AvgIpc) is 2.74. The second kappa shape index (κ2) is 7.98. The lowest BCUT2D eigenvalue weighted by Gasteiger charge is -2.34. The summed E-state index contributed by atoms with van der Waals surface area (Å²) in [6.07, 6.45) is 0. The van der Waals surface area contributed by atoms with Crippen molar-refractivity contribution in [3.8, 4) is 0 Å². The van der Waals surface area contributed by atoms with Crippen molar-refractivity contribution in [1.82, 2.24) is 14.2 Å². The average molecular weight is 444 g/mol. The van der Waals surface area contributed by atoms with E-state index in [4.69, 9.17) is 11.6 Å². The van der Waals surface area contributed by atoms with Gasteiger partial charge in [-0.25, -0.2) is 13.4 Å². The van der Waals surface area contributed by atoms with E-state index in [9.17, 15) is 13.2 Å². The van der Waals surface area contributed by atoms with Crippen molar-refractivity contribution in [1.29, 1.82) is 0 Å². The van der Waals surface area contributed by atoms with Gasteiger partial charge in [-0.1, -0.05) is 17.7 Å². The Bertz CT molecular complexity index is 1240. The molecule has 0 radical (unpaired) electrons. The molecule has 6 nitrogen and oxygen atoms in total. The highest BCUT2D eigenvalue weighted by Crippen LogP contribution is 2.22. The molecule has 156 valence electrons. The third-order valence-electron chi connectivity index (χ3n) is 5.54. The zero-order chi connectivity index (χ0) is 21.5. The van der Waals surface area contributed by atoms with Crippen molar-refractivity contribution in [3.05, 3.63) is 70.4 Å². The first-order chi connectivity index (χ1) is 14.3. The van der Waals surface area contributed by atoms with E-state index in [2.05, 4.69) is 4.98 Å². The second-order valence-electron chi connectivity index (χ2n) is 7.48. The predicted octanol–water partition coefficient (Wildman–Crippen LogP) is 3.65. The molecule has 2 aromatic carbocycles. The van der Waals surface area contributed by atoms with Crippen molar-refractivity contribution in [2.75, 3.05) is 26.2 Å². The zero-order valence-electron chi connectivity index (χ0n) is 16.8. The molecule has 2 heterocycles. The number of amides is 1. The number of hydrogen-bond acceptors (Lipinski definition) is 4. The van der Waals surface area contributed by atoms with Crippen molar-refractivity contribution >= 4 is 38.4 Å². The fourth-order valence-corrected chi connectivity index (χ4v) is 5.23. The molecule has 0 atom stereocenters. The maximum absolute atomic E-state index is 13.0. The lowest BCUT2D eigenvalue weighted by molar-refractivity contribution is 0.0698. The Labute approximate surface area is 181 Å². The van der Waals surface area contributed by atoms with E-state index >= 15 is 0 Å². The van der Waals surface area contributed by atoms with E-state index in [0.29, 0.717) is 28.7 Å². The minimum Gasteiger partial charge on any atom is -0.336 e. The number of carbonyl (C=O) groups is 1.